The second-order valence-corrected chi connectivity index (χ2v) is 8.59. The summed E-state index contributed by atoms with van der Waals surface area (Å²) in [4.78, 5) is 37.7. The van der Waals surface area contributed by atoms with E-state index in [1.54, 1.807) is 32.0 Å². The van der Waals surface area contributed by atoms with Crippen LogP contribution in [0.15, 0.2) is 30.3 Å². The van der Waals surface area contributed by atoms with E-state index < -0.39 is 23.0 Å². The zero-order chi connectivity index (χ0) is 24.4. The Morgan fingerprint density at radius 1 is 1.15 bits per heavy atom. The van der Waals surface area contributed by atoms with Gasteiger partial charge in [0.1, 0.15) is 28.8 Å². The molecule has 0 radical (unpaired) electrons. The zero-order valence-corrected chi connectivity index (χ0v) is 18.5. The Morgan fingerprint density at radius 3 is 2.59 bits per heavy atom. The van der Waals surface area contributed by atoms with Crippen LogP contribution in [0, 0.1) is 18.6 Å². The monoisotopic (exact) mass is 463 g/mol. The Balaban J connectivity index is 1.75. The summed E-state index contributed by atoms with van der Waals surface area (Å²) in [5, 5.41) is 7.40. The van der Waals surface area contributed by atoms with E-state index in [9.17, 15) is 18.4 Å². The van der Waals surface area contributed by atoms with Crippen molar-refractivity contribution in [2.75, 3.05) is 5.32 Å². The molecular formula is C23H19F2N7O2. The van der Waals surface area contributed by atoms with Crippen molar-refractivity contribution in [3.8, 4) is 11.5 Å². The number of primary amides is 1. The molecule has 0 saturated heterocycles. The summed E-state index contributed by atoms with van der Waals surface area (Å²) in [7, 11) is 0. The molecule has 0 saturated carbocycles. The number of benzene rings is 1. The Labute approximate surface area is 192 Å². The third kappa shape index (κ3) is 3.19. The van der Waals surface area contributed by atoms with Crippen molar-refractivity contribution >= 4 is 28.7 Å². The molecule has 0 fully saturated rings. The molecule has 0 aliphatic carbocycles. The van der Waals surface area contributed by atoms with Gasteiger partial charge in [-0.15, -0.1) is 0 Å². The first-order valence-electron chi connectivity index (χ1n) is 10.4. The molecule has 0 unspecified atom stereocenters. The number of aromatic nitrogens is 5. The predicted molar refractivity (Wildman–Crippen MR) is 119 cm³/mol. The molecule has 0 spiro atoms. The first-order chi connectivity index (χ1) is 16.1. The molecule has 5 rings (SSSR count). The number of pyridine rings is 1. The molecule has 1 aromatic carbocycles. The molecule has 34 heavy (non-hydrogen) atoms. The summed E-state index contributed by atoms with van der Waals surface area (Å²) < 4.78 is 30.2. The van der Waals surface area contributed by atoms with E-state index in [-0.39, 0.29) is 57.8 Å². The first-order valence-corrected chi connectivity index (χ1v) is 10.4. The Bertz CT molecular complexity index is 1530. The van der Waals surface area contributed by atoms with Crippen molar-refractivity contribution in [2.45, 2.75) is 32.7 Å². The summed E-state index contributed by atoms with van der Waals surface area (Å²) in [6, 6.07) is 7.43. The summed E-state index contributed by atoms with van der Waals surface area (Å²) in [5.41, 5.74) is 5.52. The van der Waals surface area contributed by atoms with E-state index in [1.807, 2.05) is 0 Å². The number of nitrogens with two attached hydrogens (primary N) is 1. The van der Waals surface area contributed by atoms with Gasteiger partial charge in [-0.25, -0.2) is 28.4 Å². The summed E-state index contributed by atoms with van der Waals surface area (Å²) >= 11 is 0. The van der Waals surface area contributed by atoms with Gasteiger partial charge in [-0.1, -0.05) is 18.2 Å². The van der Waals surface area contributed by atoms with E-state index in [1.165, 1.54) is 23.7 Å². The average Bonchev–Trinajstić information content (AvgIpc) is 3.23. The Morgan fingerprint density at radius 2 is 1.88 bits per heavy atom. The SMILES string of the molecule is Cc1nc2c(cc1F)c(-c1nc3c(c(C(N)=O)n1)C(C)(C)C(=O)N3)nn2Cc1ccccc1F. The van der Waals surface area contributed by atoms with Gasteiger partial charge < -0.3 is 11.1 Å². The number of rotatable bonds is 4. The van der Waals surface area contributed by atoms with Crippen LogP contribution in [0.3, 0.4) is 0 Å². The second kappa shape index (κ2) is 7.37. The fourth-order valence-corrected chi connectivity index (χ4v) is 4.03. The molecule has 4 heterocycles. The summed E-state index contributed by atoms with van der Waals surface area (Å²) in [6.07, 6.45) is 0. The molecule has 172 valence electrons. The van der Waals surface area contributed by atoms with Crippen LogP contribution in [0.5, 0.6) is 0 Å². The van der Waals surface area contributed by atoms with Crippen LogP contribution in [0.2, 0.25) is 0 Å². The molecule has 0 atom stereocenters. The third-order valence-electron chi connectivity index (χ3n) is 5.91. The number of hydrogen-bond acceptors (Lipinski definition) is 6. The molecular weight excluding hydrogens is 444 g/mol. The maximum Gasteiger partial charge on any atom is 0.267 e. The number of anilines is 1. The Kier molecular flexibility index (Phi) is 4.67. The fourth-order valence-electron chi connectivity index (χ4n) is 4.03. The lowest BCUT2D eigenvalue weighted by Crippen LogP contribution is -2.29. The van der Waals surface area contributed by atoms with Gasteiger partial charge in [0.05, 0.1) is 23.0 Å². The standard InChI is InChI=1S/C23H19F2N7O2/c1-10-14(25)8-12-16(31-32(21(12)27-10)9-11-6-4-5-7-13(11)24)20-28-17(18(26)33)15-19(29-20)30-22(34)23(15,2)3/h4-8H,9H2,1-3H3,(H2,26,33)(H,28,29,30,34). The highest BCUT2D eigenvalue weighted by Crippen LogP contribution is 2.39. The van der Waals surface area contributed by atoms with Gasteiger partial charge in [-0.3, -0.25) is 9.59 Å². The largest absolute Gasteiger partial charge is 0.364 e. The van der Waals surface area contributed by atoms with Gasteiger partial charge in [0.25, 0.3) is 5.91 Å². The topological polar surface area (TPSA) is 129 Å². The van der Waals surface area contributed by atoms with Crippen molar-refractivity contribution in [2.24, 2.45) is 5.73 Å². The first kappa shape index (κ1) is 21.6. The summed E-state index contributed by atoms with van der Waals surface area (Å²) in [6.45, 7) is 4.77. The molecule has 1 aliphatic heterocycles. The number of carbonyl (C=O) groups is 2. The lowest BCUT2D eigenvalue weighted by molar-refractivity contribution is -0.119. The van der Waals surface area contributed by atoms with Crippen LogP contribution < -0.4 is 11.1 Å². The molecule has 2 amide bonds. The normalized spacial score (nSPS) is 14.3. The lowest BCUT2D eigenvalue weighted by Gasteiger charge is -2.16. The number of fused-ring (bicyclic) bond motifs is 2. The minimum absolute atomic E-state index is 0.0125. The quantitative estimate of drug-likeness (QED) is 0.479. The second-order valence-electron chi connectivity index (χ2n) is 8.59. The molecule has 3 aromatic heterocycles. The van der Waals surface area contributed by atoms with Gasteiger partial charge in [0, 0.05) is 11.1 Å². The van der Waals surface area contributed by atoms with Crippen LogP contribution in [0.4, 0.5) is 14.6 Å². The number of halogens is 2. The van der Waals surface area contributed by atoms with Gasteiger partial charge >= 0.3 is 0 Å². The van der Waals surface area contributed by atoms with Crippen LogP contribution in [0.1, 0.15) is 41.2 Å². The average molecular weight is 463 g/mol. The number of amides is 2. The van der Waals surface area contributed by atoms with Crippen LogP contribution in [0.25, 0.3) is 22.6 Å². The smallest absolute Gasteiger partial charge is 0.267 e. The van der Waals surface area contributed by atoms with Gasteiger partial charge in [0.2, 0.25) is 5.91 Å². The van der Waals surface area contributed by atoms with E-state index in [0.29, 0.717) is 5.56 Å². The van der Waals surface area contributed by atoms with Crippen molar-refractivity contribution in [3.63, 3.8) is 0 Å². The van der Waals surface area contributed by atoms with Crippen molar-refractivity contribution in [1.82, 2.24) is 24.7 Å². The fraction of sp³-hybridized carbons (Fsp3) is 0.217. The highest BCUT2D eigenvalue weighted by Gasteiger charge is 2.43. The molecule has 11 heteroatoms. The molecule has 4 aromatic rings. The van der Waals surface area contributed by atoms with Gasteiger partial charge in [-0.2, -0.15) is 5.10 Å². The number of hydrogen-bond donors (Lipinski definition) is 2. The predicted octanol–water partition coefficient (Wildman–Crippen LogP) is 2.85. The van der Waals surface area contributed by atoms with E-state index in [0.717, 1.165) is 0 Å². The van der Waals surface area contributed by atoms with Crippen LogP contribution in [-0.4, -0.2) is 36.5 Å². The van der Waals surface area contributed by atoms with E-state index in [4.69, 9.17) is 5.73 Å². The highest BCUT2D eigenvalue weighted by molar-refractivity contribution is 6.09. The number of nitrogens with one attached hydrogen (secondary N) is 1. The Hall–Kier alpha value is -4.28. The minimum atomic E-state index is -1.07. The van der Waals surface area contributed by atoms with Gasteiger partial charge in [-0.05, 0) is 32.9 Å². The number of nitrogens with zero attached hydrogens (tertiary/aromatic N) is 5. The maximum atomic E-state index is 14.5. The van der Waals surface area contributed by atoms with Crippen molar-refractivity contribution in [3.05, 3.63) is 64.5 Å². The minimum Gasteiger partial charge on any atom is -0.364 e. The van der Waals surface area contributed by atoms with Crippen LogP contribution >= 0.6 is 0 Å². The van der Waals surface area contributed by atoms with E-state index in [2.05, 4.69) is 25.4 Å². The number of carbonyl (C=O) groups excluding carboxylic acids is 2. The highest BCUT2D eigenvalue weighted by atomic mass is 19.1. The van der Waals surface area contributed by atoms with Gasteiger partial charge in [0.15, 0.2) is 11.5 Å². The summed E-state index contributed by atoms with van der Waals surface area (Å²) in [5.74, 6) is -2.14. The van der Waals surface area contributed by atoms with Crippen molar-refractivity contribution in [1.29, 1.82) is 0 Å². The lowest BCUT2D eigenvalue weighted by atomic mass is 9.85. The van der Waals surface area contributed by atoms with E-state index >= 15 is 0 Å². The molecule has 1 aliphatic rings. The molecule has 3 N–H and O–H groups in total. The van der Waals surface area contributed by atoms with Crippen molar-refractivity contribution < 1.29 is 18.4 Å². The maximum absolute atomic E-state index is 14.5. The number of aryl methyl sites for hydroxylation is 1. The molecule has 0 bridgehead atoms. The molecule has 9 nitrogen and oxygen atoms in total. The van der Waals surface area contributed by atoms with Crippen LogP contribution in [-0.2, 0) is 16.8 Å². The third-order valence-corrected chi connectivity index (χ3v) is 5.91. The zero-order valence-electron chi connectivity index (χ0n) is 18.5.